The van der Waals surface area contributed by atoms with Crippen LogP contribution in [-0.4, -0.2) is 37.2 Å². The first-order chi connectivity index (χ1) is 11.7. The van der Waals surface area contributed by atoms with Gasteiger partial charge in [0.1, 0.15) is 0 Å². The minimum absolute atomic E-state index is 0.0590. The van der Waals surface area contributed by atoms with E-state index in [0.717, 1.165) is 17.3 Å². The number of benzene rings is 1. The number of carbonyl (C=O) groups is 2. The number of likely N-dealkylation sites (N-methyl/N-ethyl adjacent to an activating group) is 1. The van der Waals surface area contributed by atoms with Gasteiger partial charge in [-0.25, -0.2) is 0 Å². The first kappa shape index (κ1) is 18.5. The number of rotatable bonds is 9. The summed E-state index contributed by atoms with van der Waals surface area (Å²) in [4.78, 5) is 23.9. The van der Waals surface area contributed by atoms with Crippen LogP contribution >= 0.6 is 23.1 Å². The van der Waals surface area contributed by atoms with Gasteiger partial charge in [0.25, 0.3) is 5.91 Å². The van der Waals surface area contributed by atoms with E-state index in [1.165, 1.54) is 11.8 Å². The molecule has 0 bridgehead atoms. The Bertz CT molecular complexity index is 642. The molecule has 128 valence electrons. The van der Waals surface area contributed by atoms with Gasteiger partial charge < -0.3 is 16.0 Å². The summed E-state index contributed by atoms with van der Waals surface area (Å²) < 4.78 is 1.12. The van der Waals surface area contributed by atoms with Crippen molar-refractivity contribution in [2.24, 2.45) is 0 Å². The molecule has 24 heavy (non-hydrogen) atoms. The van der Waals surface area contributed by atoms with E-state index < -0.39 is 0 Å². The minimum atomic E-state index is -0.112. The summed E-state index contributed by atoms with van der Waals surface area (Å²) in [6.45, 7) is 4.24. The van der Waals surface area contributed by atoms with Crippen molar-refractivity contribution in [2.45, 2.75) is 11.1 Å². The van der Waals surface area contributed by atoms with Crippen LogP contribution < -0.4 is 16.0 Å². The predicted octanol–water partition coefficient (Wildman–Crippen LogP) is 2.82. The number of thioether (sulfide) groups is 1. The highest BCUT2D eigenvalue weighted by molar-refractivity contribution is 8.01. The minimum Gasteiger partial charge on any atom is -0.351 e. The Labute approximate surface area is 150 Å². The maximum atomic E-state index is 11.9. The van der Waals surface area contributed by atoms with Crippen LogP contribution in [0.2, 0.25) is 0 Å². The van der Waals surface area contributed by atoms with E-state index in [9.17, 15) is 9.59 Å². The van der Waals surface area contributed by atoms with Crippen LogP contribution in [0.4, 0.5) is 5.69 Å². The lowest BCUT2D eigenvalue weighted by Gasteiger charge is -2.07. The van der Waals surface area contributed by atoms with E-state index >= 15 is 0 Å². The largest absolute Gasteiger partial charge is 0.351 e. The first-order valence-corrected chi connectivity index (χ1v) is 9.60. The molecule has 7 heteroatoms. The van der Waals surface area contributed by atoms with Crippen LogP contribution in [0.3, 0.4) is 0 Å². The maximum Gasteiger partial charge on any atom is 0.251 e. The quantitative estimate of drug-likeness (QED) is 0.473. The molecule has 0 fully saturated rings. The monoisotopic (exact) mass is 363 g/mol. The Balaban J connectivity index is 1.76. The van der Waals surface area contributed by atoms with Gasteiger partial charge in [0.15, 0.2) is 0 Å². The fourth-order valence-electron chi connectivity index (χ4n) is 1.93. The van der Waals surface area contributed by atoms with Gasteiger partial charge in [0.2, 0.25) is 5.91 Å². The average Bonchev–Trinajstić information content (AvgIpc) is 3.11. The molecule has 0 radical (unpaired) electrons. The fourth-order valence-corrected chi connectivity index (χ4v) is 3.51. The zero-order valence-electron chi connectivity index (χ0n) is 13.5. The maximum absolute atomic E-state index is 11.9. The SMILES string of the molecule is CCNCCNC(=O)c1ccc(NC(=O)CSc2cccs2)cc1. The van der Waals surface area contributed by atoms with Crippen molar-refractivity contribution in [3.8, 4) is 0 Å². The van der Waals surface area contributed by atoms with Crippen molar-refractivity contribution in [2.75, 3.05) is 30.7 Å². The summed E-state index contributed by atoms with van der Waals surface area (Å²) in [7, 11) is 0. The van der Waals surface area contributed by atoms with Crippen molar-refractivity contribution in [3.05, 3.63) is 47.3 Å². The van der Waals surface area contributed by atoms with Gasteiger partial charge in [-0.3, -0.25) is 9.59 Å². The van der Waals surface area contributed by atoms with Crippen LogP contribution in [0.5, 0.6) is 0 Å². The molecule has 0 spiro atoms. The normalized spacial score (nSPS) is 10.4. The second-order valence-corrected chi connectivity index (χ2v) is 7.18. The molecule has 0 unspecified atom stereocenters. The molecule has 2 aromatic rings. The molecule has 2 rings (SSSR count). The van der Waals surface area contributed by atoms with E-state index in [-0.39, 0.29) is 11.8 Å². The average molecular weight is 364 g/mol. The molecule has 1 heterocycles. The molecule has 0 aliphatic heterocycles. The van der Waals surface area contributed by atoms with Crippen LogP contribution in [0.25, 0.3) is 0 Å². The van der Waals surface area contributed by atoms with Crippen molar-refractivity contribution in [1.29, 1.82) is 0 Å². The Kier molecular flexibility index (Phi) is 7.81. The third-order valence-corrected chi connectivity index (χ3v) is 5.24. The number of amides is 2. The van der Waals surface area contributed by atoms with Crippen LogP contribution in [0, 0.1) is 0 Å². The zero-order chi connectivity index (χ0) is 17.2. The van der Waals surface area contributed by atoms with Crippen LogP contribution in [0.15, 0.2) is 46.0 Å². The standard InChI is InChI=1S/C17H21N3O2S2/c1-2-18-9-10-19-17(22)13-5-7-14(8-6-13)20-15(21)12-24-16-4-3-11-23-16/h3-8,11,18H,2,9-10,12H2,1H3,(H,19,22)(H,20,21). The van der Waals surface area contributed by atoms with E-state index in [4.69, 9.17) is 0 Å². The van der Waals surface area contributed by atoms with Gasteiger partial charge in [-0.15, -0.1) is 23.1 Å². The van der Waals surface area contributed by atoms with Gasteiger partial charge in [0, 0.05) is 24.3 Å². The van der Waals surface area contributed by atoms with Crippen molar-refractivity contribution < 1.29 is 9.59 Å². The van der Waals surface area contributed by atoms with E-state index in [2.05, 4.69) is 16.0 Å². The van der Waals surface area contributed by atoms with Crippen molar-refractivity contribution in [1.82, 2.24) is 10.6 Å². The van der Waals surface area contributed by atoms with E-state index in [0.29, 0.717) is 23.5 Å². The predicted molar refractivity (Wildman–Crippen MR) is 101 cm³/mol. The molecule has 1 aromatic carbocycles. The highest BCUT2D eigenvalue weighted by Crippen LogP contribution is 2.23. The lowest BCUT2D eigenvalue weighted by atomic mass is 10.2. The van der Waals surface area contributed by atoms with Gasteiger partial charge in [-0.05, 0) is 42.3 Å². The molecular weight excluding hydrogens is 342 g/mol. The molecule has 0 aliphatic rings. The lowest BCUT2D eigenvalue weighted by molar-refractivity contribution is -0.113. The van der Waals surface area contributed by atoms with Gasteiger partial charge in [-0.2, -0.15) is 0 Å². The molecule has 0 atom stereocenters. The van der Waals surface area contributed by atoms with Gasteiger partial charge >= 0.3 is 0 Å². The molecule has 0 aliphatic carbocycles. The number of anilines is 1. The Hall–Kier alpha value is -1.83. The van der Waals surface area contributed by atoms with E-state index in [1.807, 2.05) is 24.4 Å². The van der Waals surface area contributed by atoms with E-state index in [1.54, 1.807) is 35.6 Å². The lowest BCUT2D eigenvalue weighted by Crippen LogP contribution is -2.31. The number of hydrogen-bond acceptors (Lipinski definition) is 5. The summed E-state index contributed by atoms with van der Waals surface area (Å²) in [5.41, 5.74) is 1.27. The van der Waals surface area contributed by atoms with Crippen molar-refractivity contribution in [3.63, 3.8) is 0 Å². The fraction of sp³-hybridized carbons (Fsp3) is 0.294. The van der Waals surface area contributed by atoms with Gasteiger partial charge in [0.05, 0.1) is 9.96 Å². The Morgan fingerprint density at radius 2 is 1.92 bits per heavy atom. The summed E-state index contributed by atoms with van der Waals surface area (Å²) in [6.07, 6.45) is 0. The topological polar surface area (TPSA) is 70.2 Å². The molecular formula is C17H21N3O2S2. The highest BCUT2D eigenvalue weighted by atomic mass is 32.2. The van der Waals surface area contributed by atoms with Gasteiger partial charge in [-0.1, -0.05) is 13.0 Å². The summed E-state index contributed by atoms with van der Waals surface area (Å²) in [5.74, 6) is 0.197. The molecule has 2 amide bonds. The molecule has 0 saturated carbocycles. The van der Waals surface area contributed by atoms with Crippen LogP contribution in [-0.2, 0) is 4.79 Å². The summed E-state index contributed by atoms with van der Waals surface area (Å²) >= 11 is 3.13. The third kappa shape index (κ3) is 6.35. The zero-order valence-corrected chi connectivity index (χ0v) is 15.1. The smallest absolute Gasteiger partial charge is 0.251 e. The number of nitrogens with one attached hydrogen (secondary N) is 3. The summed E-state index contributed by atoms with van der Waals surface area (Å²) in [5, 5.41) is 10.8. The number of carbonyl (C=O) groups excluding carboxylic acids is 2. The Morgan fingerprint density at radius 1 is 1.12 bits per heavy atom. The van der Waals surface area contributed by atoms with Crippen LogP contribution in [0.1, 0.15) is 17.3 Å². The molecule has 5 nitrogen and oxygen atoms in total. The second kappa shape index (κ2) is 10.1. The Morgan fingerprint density at radius 3 is 2.58 bits per heavy atom. The molecule has 1 aromatic heterocycles. The third-order valence-electron chi connectivity index (χ3n) is 3.11. The van der Waals surface area contributed by atoms with Crippen molar-refractivity contribution >= 4 is 40.6 Å². The molecule has 0 saturated heterocycles. The highest BCUT2D eigenvalue weighted by Gasteiger charge is 2.07. The first-order valence-electron chi connectivity index (χ1n) is 7.74. The summed E-state index contributed by atoms with van der Waals surface area (Å²) in [6, 6.07) is 10.9. The number of thiophene rings is 1. The number of hydrogen-bond donors (Lipinski definition) is 3. The second-order valence-electron chi connectivity index (χ2n) is 4.96. The molecule has 3 N–H and O–H groups in total.